The van der Waals surface area contributed by atoms with E-state index in [4.69, 9.17) is 4.74 Å². The number of para-hydroxylation sites is 1. The van der Waals surface area contributed by atoms with E-state index < -0.39 is 12.0 Å². The van der Waals surface area contributed by atoms with Gasteiger partial charge in [-0.15, -0.1) is 0 Å². The first-order valence-electron chi connectivity index (χ1n) is 6.42. The molecule has 0 saturated carbocycles. The quantitative estimate of drug-likeness (QED) is 0.866. The van der Waals surface area contributed by atoms with Crippen molar-refractivity contribution in [2.75, 3.05) is 11.9 Å². The number of rotatable bonds is 4. The Morgan fingerprint density at radius 1 is 1.48 bits per heavy atom. The summed E-state index contributed by atoms with van der Waals surface area (Å²) in [6.07, 6.45) is 1.56. The van der Waals surface area contributed by atoms with Gasteiger partial charge in [-0.3, -0.25) is 0 Å². The number of hydrogen-bond donors (Lipinski definition) is 2. The minimum atomic E-state index is -1.07. The van der Waals surface area contributed by atoms with Gasteiger partial charge in [0, 0.05) is 5.56 Å². The van der Waals surface area contributed by atoms with Gasteiger partial charge in [0.25, 0.3) is 0 Å². The van der Waals surface area contributed by atoms with Gasteiger partial charge in [-0.2, -0.15) is 4.68 Å². The minimum absolute atomic E-state index is 0.0357. The first-order valence-corrected chi connectivity index (χ1v) is 6.42. The molecule has 108 valence electrons. The van der Waals surface area contributed by atoms with Crippen molar-refractivity contribution in [1.29, 1.82) is 0 Å². The summed E-state index contributed by atoms with van der Waals surface area (Å²) in [5.41, 5.74) is 0.835. The first-order chi connectivity index (χ1) is 10.2. The summed E-state index contributed by atoms with van der Waals surface area (Å²) in [7, 11) is 0. The molecular formula is C13H13N5O3. The zero-order chi connectivity index (χ0) is 14.8. The maximum absolute atomic E-state index is 11.2. The molecule has 8 nitrogen and oxygen atoms in total. The molecular weight excluding hydrogens is 274 g/mol. The van der Waals surface area contributed by atoms with Crippen LogP contribution in [0.3, 0.4) is 0 Å². The number of aromatic nitrogens is 4. The molecule has 2 aromatic rings. The molecule has 0 saturated heterocycles. The highest BCUT2D eigenvalue weighted by Crippen LogP contribution is 2.33. The molecule has 1 aromatic carbocycles. The standard InChI is InChI=1S/C13H13N5O3/c1-2-21-11-6-4-3-5-8(11)10-7-9(12(19)20)14-13-15-16-17-18(10)13/h3-7,10H,2H2,1H3,(H,19,20)(H,14,15,17)/t10-/m0/s1. The predicted octanol–water partition coefficient (Wildman–Crippen LogP) is 1.06. The van der Waals surface area contributed by atoms with E-state index in [1.165, 1.54) is 4.68 Å². The molecule has 0 radical (unpaired) electrons. The second-order valence-electron chi connectivity index (χ2n) is 4.37. The molecule has 0 fully saturated rings. The fourth-order valence-corrected chi connectivity index (χ4v) is 2.21. The molecule has 8 heteroatoms. The van der Waals surface area contributed by atoms with Crippen molar-refractivity contribution in [3.8, 4) is 5.75 Å². The van der Waals surface area contributed by atoms with Crippen molar-refractivity contribution in [3.05, 3.63) is 41.6 Å². The molecule has 1 atom stereocenters. The van der Waals surface area contributed by atoms with Crippen LogP contribution < -0.4 is 10.1 Å². The number of carbonyl (C=O) groups is 1. The van der Waals surface area contributed by atoms with Gasteiger partial charge >= 0.3 is 5.97 Å². The van der Waals surface area contributed by atoms with Crippen molar-refractivity contribution in [2.24, 2.45) is 0 Å². The fourth-order valence-electron chi connectivity index (χ4n) is 2.21. The van der Waals surface area contributed by atoms with Crippen LogP contribution in [0.1, 0.15) is 18.5 Å². The lowest BCUT2D eigenvalue weighted by Gasteiger charge is -2.23. The molecule has 1 aromatic heterocycles. The molecule has 0 spiro atoms. The Hall–Kier alpha value is -2.90. The topological polar surface area (TPSA) is 102 Å². The number of allylic oxidation sites excluding steroid dienone is 1. The number of benzene rings is 1. The Labute approximate surface area is 120 Å². The smallest absolute Gasteiger partial charge is 0.352 e. The maximum Gasteiger partial charge on any atom is 0.352 e. The summed E-state index contributed by atoms with van der Waals surface area (Å²) >= 11 is 0. The molecule has 0 bridgehead atoms. The Bertz CT molecular complexity index is 709. The van der Waals surface area contributed by atoms with Crippen LogP contribution in [-0.4, -0.2) is 37.9 Å². The van der Waals surface area contributed by atoms with Gasteiger partial charge in [0.05, 0.1) is 6.61 Å². The number of fused-ring (bicyclic) bond motifs is 1. The van der Waals surface area contributed by atoms with Crippen molar-refractivity contribution >= 4 is 11.9 Å². The average molecular weight is 287 g/mol. The average Bonchev–Trinajstić information content (AvgIpc) is 2.95. The molecule has 3 rings (SSSR count). The molecule has 1 aliphatic rings. The summed E-state index contributed by atoms with van der Waals surface area (Å²) in [4.78, 5) is 11.2. The fraction of sp³-hybridized carbons (Fsp3) is 0.231. The lowest BCUT2D eigenvalue weighted by atomic mass is 10.0. The lowest BCUT2D eigenvalue weighted by molar-refractivity contribution is -0.132. The van der Waals surface area contributed by atoms with Gasteiger partial charge in [-0.1, -0.05) is 23.3 Å². The molecule has 0 amide bonds. The summed E-state index contributed by atoms with van der Waals surface area (Å²) < 4.78 is 7.12. The van der Waals surface area contributed by atoms with Crippen molar-refractivity contribution in [3.63, 3.8) is 0 Å². The van der Waals surface area contributed by atoms with E-state index in [1.54, 1.807) is 6.08 Å². The van der Waals surface area contributed by atoms with Crippen LogP contribution in [-0.2, 0) is 4.79 Å². The van der Waals surface area contributed by atoms with Crippen LogP contribution in [0.5, 0.6) is 5.75 Å². The zero-order valence-electron chi connectivity index (χ0n) is 11.2. The van der Waals surface area contributed by atoms with Crippen LogP contribution in [0.2, 0.25) is 0 Å². The van der Waals surface area contributed by atoms with Gasteiger partial charge in [0.15, 0.2) is 0 Å². The number of carboxylic acid groups (broad SMARTS) is 1. The maximum atomic E-state index is 11.2. The van der Waals surface area contributed by atoms with Crippen molar-refractivity contribution in [1.82, 2.24) is 20.2 Å². The number of hydrogen-bond acceptors (Lipinski definition) is 6. The second kappa shape index (κ2) is 5.23. The van der Waals surface area contributed by atoms with E-state index in [0.717, 1.165) is 5.56 Å². The number of anilines is 1. The highest BCUT2D eigenvalue weighted by molar-refractivity contribution is 5.90. The van der Waals surface area contributed by atoms with E-state index in [-0.39, 0.29) is 11.6 Å². The first kappa shape index (κ1) is 13.1. The summed E-state index contributed by atoms with van der Waals surface area (Å²) in [6.45, 7) is 2.40. The van der Waals surface area contributed by atoms with Crippen molar-refractivity contribution < 1.29 is 14.6 Å². The minimum Gasteiger partial charge on any atom is -0.494 e. The lowest BCUT2D eigenvalue weighted by Crippen LogP contribution is -2.24. The van der Waals surface area contributed by atoms with Gasteiger partial charge < -0.3 is 15.2 Å². The molecule has 1 aliphatic heterocycles. The highest BCUT2D eigenvalue weighted by atomic mass is 16.5. The van der Waals surface area contributed by atoms with Crippen molar-refractivity contribution in [2.45, 2.75) is 13.0 Å². The van der Waals surface area contributed by atoms with Crippen LogP contribution in [0.25, 0.3) is 0 Å². The Morgan fingerprint density at radius 3 is 3.05 bits per heavy atom. The highest BCUT2D eigenvalue weighted by Gasteiger charge is 2.28. The number of nitrogens with one attached hydrogen (secondary N) is 1. The Kier molecular flexibility index (Phi) is 3.27. The number of nitrogens with zero attached hydrogens (tertiary/aromatic N) is 4. The van der Waals surface area contributed by atoms with E-state index >= 15 is 0 Å². The van der Waals surface area contributed by atoms with E-state index in [0.29, 0.717) is 12.4 Å². The number of ether oxygens (including phenoxy) is 1. The summed E-state index contributed by atoms with van der Waals surface area (Å²) in [5, 5.41) is 23.2. The van der Waals surface area contributed by atoms with E-state index in [1.807, 2.05) is 31.2 Å². The molecule has 0 aliphatic carbocycles. The van der Waals surface area contributed by atoms with E-state index in [9.17, 15) is 9.90 Å². The molecule has 0 unspecified atom stereocenters. The number of tetrazole rings is 1. The zero-order valence-corrected chi connectivity index (χ0v) is 11.2. The summed E-state index contributed by atoms with van der Waals surface area (Å²) in [5.74, 6) is -0.108. The number of carboxylic acids is 1. The van der Waals surface area contributed by atoms with Gasteiger partial charge in [0.2, 0.25) is 5.95 Å². The van der Waals surface area contributed by atoms with Gasteiger partial charge in [-0.25, -0.2) is 4.79 Å². The number of aliphatic carboxylic acids is 1. The molecule has 2 heterocycles. The SMILES string of the molecule is CCOc1ccccc1[C@@H]1C=C(C(=O)O)Nc2nnnn21. The summed E-state index contributed by atoms with van der Waals surface area (Å²) in [6, 6.07) is 6.97. The van der Waals surface area contributed by atoms with Crippen LogP contribution >= 0.6 is 0 Å². The van der Waals surface area contributed by atoms with Crippen LogP contribution in [0.4, 0.5) is 5.95 Å². The third-order valence-electron chi connectivity index (χ3n) is 3.10. The van der Waals surface area contributed by atoms with Crippen LogP contribution in [0, 0.1) is 0 Å². The second-order valence-corrected chi connectivity index (χ2v) is 4.37. The monoisotopic (exact) mass is 287 g/mol. The van der Waals surface area contributed by atoms with Crippen LogP contribution in [0.15, 0.2) is 36.0 Å². The van der Waals surface area contributed by atoms with E-state index in [2.05, 4.69) is 20.8 Å². The third kappa shape index (κ3) is 2.31. The van der Waals surface area contributed by atoms with Gasteiger partial charge in [-0.05, 0) is 29.5 Å². The third-order valence-corrected chi connectivity index (χ3v) is 3.10. The largest absolute Gasteiger partial charge is 0.494 e. The Balaban J connectivity index is 2.11. The Morgan fingerprint density at radius 2 is 2.29 bits per heavy atom. The molecule has 21 heavy (non-hydrogen) atoms. The predicted molar refractivity (Wildman–Crippen MR) is 72.9 cm³/mol. The molecule has 2 N–H and O–H groups in total. The normalized spacial score (nSPS) is 16.6. The van der Waals surface area contributed by atoms with Gasteiger partial charge in [0.1, 0.15) is 17.5 Å².